The summed E-state index contributed by atoms with van der Waals surface area (Å²) >= 11 is 0. The highest BCUT2D eigenvalue weighted by Crippen LogP contribution is 2.58. The third kappa shape index (κ3) is 2.50. The Morgan fingerprint density at radius 1 is 1.19 bits per heavy atom. The maximum atomic E-state index is 11.1. The molecule has 0 spiro atoms. The summed E-state index contributed by atoms with van der Waals surface area (Å²) in [6, 6.07) is 0. The van der Waals surface area contributed by atoms with E-state index in [0.717, 1.165) is 30.1 Å². The molecule has 0 aromatic heterocycles. The minimum Gasteiger partial charge on any atom is -0.390 e. The van der Waals surface area contributed by atoms with Gasteiger partial charge in [0.2, 0.25) is 0 Å². The quantitative estimate of drug-likeness (QED) is 0.659. The Morgan fingerprint density at radius 3 is 2.57 bits per heavy atom. The smallest absolute Gasteiger partial charge is 0.0684 e. The van der Waals surface area contributed by atoms with E-state index in [9.17, 15) is 5.11 Å². The first-order valence-corrected chi connectivity index (χ1v) is 9.17. The maximum Gasteiger partial charge on any atom is 0.0684 e. The van der Waals surface area contributed by atoms with Crippen LogP contribution in [0.5, 0.6) is 0 Å². The topological polar surface area (TPSA) is 20.2 Å². The minimum atomic E-state index is -0.492. The van der Waals surface area contributed by atoms with E-state index >= 15 is 0 Å². The molecule has 1 heteroatoms. The summed E-state index contributed by atoms with van der Waals surface area (Å²) in [6.45, 7) is 11.8. The van der Waals surface area contributed by atoms with Crippen molar-refractivity contribution in [2.24, 2.45) is 35.0 Å². The van der Waals surface area contributed by atoms with Crippen LogP contribution in [-0.2, 0) is 0 Å². The molecule has 3 aliphatic carbocycles. The van der Waals surface area contributed by atoms with Crippen LogP contribution in [0.15, 0.2) is 11.6 Å². The van der Waals surface area contributed by atoms with Gasteiger partial charge in [-0.15, -0.1) is 0 Å². The van der Waals surface area contributed by atoms with Gasteiger partial charge in [-0.05, 0) is 74.0 Å². The van der Waals surface area contributed by atoms with Crippen molar-refractivity contribution >= 4 is 0 Å². The third-order valence-electron chi connectivity index (χ3n) is 7.31. The van der Waals surface area contributed by atoms with E-state index in [1.165, 1.54) is 32.1 Å². The molecule has 0 bridgehead atoms. The van der Waals surface area contributed by atoms with Crippen LogP contribution in [0.3, 0.4) is 0 Å². The van der Waals surface area contributed by atoms with Crippen LogP contribution in [0, 0.1) is 35.0 Å². The highest BCUT2D eigenvalue weighted by Gasteiger charge is 2.51. The lowest BCUT2D eigenvalue weighted by atomic mass is 9.64. The van der Waals surface area contributed by atoms with Crippen LogP contribution in [-0.4, -0.2) is 10.7 Å². The van der Waals surface area contributed by atoms with Crippen molar-refractivity contribution in [1.82, 2.24) is 0 Å². The molecule has 3 rings (SSSR count). The second-order valence-electron chi connectivity index (χ2n) is 9.20. The number of fused-ring (bicyclic) bond motifs is 2. The van der Waals surface area contributed by atoms with Crippen LogP contribution in [0.2, 0.25) is 0 Å². The first kappa shape index (κ1) is 15.6. The Labute approximate surface area is 131 Å². The molecule has 0 heterocycles. The van der Waals surface area contributed by atoms with Gasteiger partial charge in [-0.25, -0.2) is 0 Å². The summed E-state index contributed by atoms with van der Waals surface area (Å²) in [5, 5.41) is 11.1. The zero-order valence-electron chi connectivity index (χ0n) is 14.7. The van der Waals surface area contributed by atoms with Gasteiger partial charge >= 0.3 is 0 Å². The van der Waals surface area contributed by atoms with Gasteiger partial charge in [0.1, 0.15) is 0 Å². The largest absolute Gasteiger partial charge is 0.390 e. The highest BCUT2D eigenvalue weighted by molar-refractivity contribution is 5.25. The molecule has 21 heavy (non-hydrogen) atoms. The molecule has 2 fully saturated rings. The molecule has 1 N–H and O–H groups in total. The van der Waals surface area contributed by atoms with Crippen molar-refractivity contribution < 1.29 is 5.11 Å². The van der Waals surface area contributed by atoms with Gasteiger partial charge in [0.15, 0.2) is 0 Å². The fourth-order valence-electron chi connectivity index (χ4n) is 5.90. The SMILES string of the molecule is CC(C)C1CCC2(C)CC3C(C)CCC3C(C)(O)CC=C12. The highest BCUT2D eigenvalue weighted by atomic mass is 16.3. The summed E-state index contributed by atoms with van der Waals surface area (Å²) < 4.78 is 0. The van der Waals surface area contributed by atoms with Gasteiger partial charge in [0, 0.05) is 0 Å². The molecule has 120 valence electrons. The van der Waals surface area contributed by atoms with Gasteiger partial charge < -0.3 is 5.11 Å². The van der Waals surface area contributed by atoms with Crippen LogP contribution < -0.4 is 0 Å². The maximum absolute atomic E-state index is 11.1. The van der Waals surface area contributed by atoms with E-state index in [4.69, 9.17) is 0 Å². The number of aliphatic hydroxyl groups is 1. The molecule has 0 saturated heterocycles. The second-order valence-corrected chi connectivity index (χ2v) is 9.20. The normalized spacial score (nSPS) is 50.3. The van der Waals surface area contributed by atoms with Crippen LogP contribution in [0.1, 0.15) is 73.1 Å². The van der Waals surface area contributed by atoms with Crippen LogP contribution in [0.4, 0.5) is 0 Å². The Kier molecular flexibility index (Phi) is 3.80. The van der Waals surface area contributed by atoms with E-state index in [2.05, 4.69) is 40.7 Å². The molecule has 0 amide bonds. The lowest BCUT2D eigenvalue weighted by Gasteiger charge is -2.43. The first-order chi connectivity index (χ1) is 9.74. The molecule has 0 aliphatic heterocycles. The Bertz CT molecular complexity index is 433. The summed E-state index contributed by atoms with van der Waals surface area (Å²) in [4.78, 5) is 0. The van der Waals surface area contributed by atoms with Crippen molar-refractivity contribution in [1.29, 1.82) is 0 Å². The van der Waals surface area contributed by atoms with E-state index < -0.39 is 5.60 Å². The Morgan fingerprint density at radius 2 is 1.90 bits per heavy atom. The average Bonchev–Trinajstić information content (AvgIpc) is 2.89. The lowest BCUT2D eigenvalue weighted by molar-refractivity contribution is -0.0293. The van der Waals surface area contributed by atoms with Crippen molar-refractivity contribution in [3.63, 3.8) is 0 Å². The second kappa shape index (κ2) is 5.11. The fraction of sp³-hybridized carbons (Fsp3) is 0.900. The van der Waals surface area contributed by atoms with Gasteiger partial charge in [-0.3, -0.25) is 0 Å². The van der Waals surface area contributed by atoms with E-state index in [0.29, 0.717) is 11.3 Å². The number of rotatable bonds is 1. The predicted octanol–water partition coefficient (Wildman–Crippen LogP) is 5.19. The third-order valence-corrected chi connectivity index (χ3v) is 7.31. The summed E-state index contributed by atoms with van der Waals surface area (Å²) in [6.07, 6.45) is 9.89. The van der Waals surface area contributed by atoms with Gasteiger partial charge in [-0.1, -0.05) is 45.8 Å². The van der Waals surface area contributed by atoms with Crippen LogP contribution in [0.25, 0.3) is 0 Å². The molecular formula is C20H34O. The molecule has 6 atom stereocenters. The number of hydrogen-bond acceptors (Lipinski definition) is 1. The van der Waals surface area contributed by atoms with Crippen molar-refractivity contribution in [2.75, 3.05) is 0 Å². The fourth-order valence-corrected chi connectivity index (χ4v) is 5.90. The summed E-state index contributed by atoms with van der Waals surface area (Å²) in [5.74, 6) is 3.51. The molecule has 3 aliphatic rings. The minimum absolute atomic E-state index is 0.410. The monoisotopic (exact) mass is 290 g/mol. The zero-order valence-corrected chi connectivity index (χ0v) is 14.7. The zero-order chi connectivity index (χ0) is 15.4. The number of hydrogen-bond donors (Lipinski definition) is 1. The molecule has 0 aromatic carbocycles. The lowest BCUT2D eigenvalue weighted by Crippen LogP contribution is -2.41. The first-order valence-electron chi connectivity index (χ1n) is 9.17. The molecule has 0 aromatic rings. The molecular weight excluding hydrogens is 256 g/mol. The van der Waals surface area contributed by atoms with E-state index in [-0.39, 0.29) is 0 Å². The Hall–Kier alpha value is -0.300. The number of allylic oxidation sites excluding steroid dienone is 1. The van der Waals surface area contributed by atoms with Crippen molar-refractivity contribution in [3.8, 4) is 0 Å². The molecule has 2 saturated carbocycles. The average molecular weight is 290 g/mol. The molecule has 1 nitrogen and oxygen atoms in total. The van der Waals surface area contributed by atoms with Crippen molar-refractivity contribution in [2.45, 2.75) is 78.7 Å². The Balaban J connectivity index is 1.98. The standard InChI is InChI=1S/C20H34O/c1-13(2)15-8-10-19(4)12-16-14(3)6-7-18(16)20(5,21)11-9-17(15)19/h9,13-16,18,21H,6-8,10-12H2,1-5H3. The predicted molar refractivity (Wildman–Crippen MR) is 89.0 cm³/mol. The summed E-state index contributed by atoms with van der Waals surface area (Å²) in [7, 11) is 0. The van der Waals surface area contributed by atoms with Gasteiger partial charge in [-0.2, -0.15) is 0 Å². The van der Waals surface area contributed by atoms with Crippen molar-refractivity contribution in [3.05, 3.63) is 11.6 Å². The van der Waals surface area contributed by atoms with Crippen LogP contribution >= 0.6 is 0 Å². The molecule has 0 radical (unpaired) electrons. The summed E-state index contributed by atoms with van der Waals surface area (Å²) in [5.41, 5.74) is 1.61. The van der Waals surface area contributed by atoms with E-state index in [1.54, 1.807) is 5.57 Å². The van der Waals surface area contributed by atoms with Gasteiger partial charge in [0.05, 0.1) is 5.60 Å². The molecule has 6 unspecified atom stereocenters. The van der Waals surface area contributed by atoms with Gasteiger partial charge in [0.25, 0.3) is 0 Å². The van der Waals surface area contributed by atoms with E-state index in [1.807, 2.05) is 0 Å².